The molecule has 14 heavy (non-hydrogen) atoms. The SMILES string of the molecule is NCCc1ncc(Cl)cc1C(F)(F)F. The van der Waals surface area contributed by atoms with Gasteiger partial charge in [-0.2, -0.15) is 13.2 Å². The van der Waals surface area contributed by atoms with Crippen LogP contribution in [0.3, 0.4) is 0 Å². The van der Waals surface area contributed by atoms with E-state index in [1.807, 2.05) is 0 Å². The van der Waals surface area contributed by atoms with Gasteiger partial charge in [-0.3, -0.25) is 4.98 Å². The second kappa shape index (κ2) is 4.14. The van der Waals surface area contributed by atoms with Gasteiger partial charge >= 0.3 is 6.18 Å². The molecule has 78 valence electrons. The molecule has 0 bridgehead atoms. The number of hydrogen-bond donors (Lipinski definition) is 1. The molecule has 0 aliphatic carbocycles. The summed E-state index contributed by atoms with van der Waals surface area (Å²) < 4.78 is 37.2. The van der Waals surface area contributed by atoms with E-state index < -0.39 is 11.7 Å². The molecule has 0 spiro atoms. The van der Waals surface area contributed by atoms with Gasteiger partial charge in [0, 0.05) is 12.6 Å². The summed E-state index contributed by atoms with van der Waals surface area (Å²) in [5.74, 6) is 0. The van der Waals surface area contributed by atoms with Gasteiger partial charge in [0.25, 0.3) is 0 Å². The minimum atomic E-state index is -4.43. The van der Waals surface area contributed by atoms with Gasteiger partial charge in [0.2, 0.25) is 0 Å². The van der Waals surface area contributed by atoms with Gasteiger partial charge in [0.15, 0.2) is 0 Å². The molecular formula is C8H8ClF3N2. The van der Waals surface area contributed by atoms with Crippen LogP contribution >= 0.6 is 11.6 Å². The summed E-state index contributed by atoms with van der Waals surface area (Å²) in [5.41, 5.74) is 4.30. The summed E-state index contributed by atoms with van der Waals surface area (Å²) in [6, 6.07) is 0.861. The normalized spacial score (nSPS) is 11.8. The van der Waals surface area contributed by atoms with E-state index in [9.17, 15) is 13.2 Å². The first-order valence-corrected chi connectivity index (χ1v) is 4.24. The van der Waals surface area contributed by atoms with E-state index in [1.54, 1.807) is 0 Å². The third kappa shape index (κ3) is 2.59. The van der Waals surface area contributed by atoms with Crippen LogP contribution in [0.2, 0.25) is 5.02 Å². The van der Waals surface area contributed by atoms with Crippen molar-refractivity contribution in [2.24, 2.45) is 5.73 Å². The summed E-state index contributed by atoms with van der Waals surface area (Å²) in [7, 11) is 0. The molecule has 6 heteroatoms. The Labute approximate surface area is 83.9 Å². The molecule has 2 N–H and O–H groups in total. The molecule has 0 aliphatic heterocycles. The van der Waals surface area contributed by atoms with Crippen molar-refractivity contribution in [3.05, 3.63) is 28.5 Å². The maximum Gasteiger partial charge on any atom is 0.418 e. The summed E-state index contributed by atoms with van der Waals surface area (Å²) in [5, 5.41) is -0.0295. The fraction of sp³-hybridized carbons (Fsp3) is 0.375. The van der Waals surface area contributed by atoms with Crippen LogP contribution < -0.4 is 5.73 Å². The number of aromatic nitrogens is 1. The van der Waals surface area contributed by atoms with Crippen LogP contribution in [-0.2, 0) is 12.6 Å². The predicted molar refractivity (Wildman–Crippen MR) is 47.0 cm³/mol. The monoisotopic (exact) mass is 224 g/mol. The second-order valence-corrected chi connectivity index (χ2v) is 3.12. The number of nitrogens with zero attached hydrogens (tertiary/aromatic N) is 1. The average Bonchev–Trinajstić information content (AvgIpc) is 2.07. The highest BCUT2D eigenvalue weighted by atomic mass is 35.5. The van der Waals surface area contributed by atoms with E-state index in [1.165, 1.54) is 6.20 Å². The fourth-order valence-electron chi connectivity index (χ4n) is 1.05. The third-order valence-electron chi connectivity index (χ3n) is 1.62. The molecule has 0 saturated carbocycles. The van der Waals surface area contributed by atoms with Gasteiger partial charge in [-0.25, -0.2) is 0 Å². The molecule has 1 aromatic rings. The fourth-order valence-corrected chi connectivity index (χ4v) is 1.21. The Hall–Kier alpha value is -0.810. The highest BCUT2D eigenvalue weighted by Crippen LogP contribution is 2.32. The molecule has 0 saturated heterocycles. The molecule has 0 atom stereocenters. The number of rotatable bonds is 2. The van der Waals surface area contributed by atoms with Gasteiger partial charge in [0.05, 0.1) is 16.3 Å². The lowest BCUT2D eigenvalue weighted by Crippen LogP contribution is -2.14. The Morgan fingerprint density at radius 1 is 1.43 bits per heavy atom. The molecule has 0 fully saturated rings. The highest BCUT2D eigenvalue weighted by Gasteiger charge is 2.34. The summed E-state index contributed by atoms with van der Waals surface area (Å²) in [4.78, 5) is 3.60. The van der Waals surface area contributed by atoms with Crippen molar-refractivity contribution in [1.29, 1.82) is 0 Å². The van der Waals surface area contributed by atoms with Crippen molar-refractivity contribution in [3.8, 4) is 0 Å². The van der Waals surface area contributed by atoms with Gasteiger partial charge in [-0.15, -0.1) is 0 Å². The Bertz CT molecular complexity index is 325. The largest absolute Gasteiger partial charge is 0.418 e. The lowest BCUT2D eigenvalue weighted by molar-refractivity contribution is -0.138. The number of pyridine rings is 1. The van der Waals surface area contributed by atoms with Crippen molar-refractivity contribution in [2.75, 3.05) is 6.54 Å². The minimum Gasteiger partial charge on any atom is -0.330 e. The number of hydrogen-bond acceptors (Lipinski definition) is 2. The summed E-state index contributed by atoms with van der Waals surface area (Å²) in [6.07, 6.45) is -3.16. The van der Waals surface area contributed by atoms with Crippen LogP contribution in [0, 0.1) is 0 Å². The molecule has 0 amide bonds. The zero-order chi connectivity index (χ0) is 10.8. The first kappa shape index (κ1) is 11.3. The van der Waals surface area contributed by atoms with Crippen molar-refractivity contribution >= 4 is 11.6 Å². The van der Waals surface area contributed by atoms with E-state index in [4.69, 9.17) is 17.3 Å². The van der Waals surface area contributed by atoms with Gasteiger partial charge in [-0.1, -0.05) is 11.6 Å². The van der Waals surface area contributed by atoms with Crippen molar-refractivity contribution in [3.63, 3.8) is 0 Å². The molecule has 1 heterocycles. The quantitative estimate of drug-likeness (QED) is 0.837. The second-order valence-electron chi connectivity index (χ2n) is 2.68. The zero-order valence-corrected chi connectivity index (χ0v) is 7.86. The van der Waals surface area contributed by atoms with Crippen LogP contribution in [0.4, 0.5) is 13.2 Å². The smallest absolute Gasteiger partial charge is 0.330 e. The van der Waals surface area contributed by atoms with Crippen molar-refractivity contribution in [1.82, 2.24) is 4.98 Å². The maximum atomic E-state index is 12.4. The Morgan fingerprint density at radius 3 is 2.57 bits per heavy atom. The summed E-state index contributed by atoms with van der Waals surface area (Å²) >= 11 is 5.43. The van der Waals surface area contributed by atoms with Crippen LogP contribution in [0.1, 0.15) is 11.3 Å². The lowest BCUT2D eigenvalue weighted by Gasteiger charge is -2.11. The first-order chi connectivity index (χ1) is 6.45. The molecule has 1 aromatic heterocycles. The van der Waals surface area contributed by atoms with Crippen LogP contribution in [0.15, 0.2) is 12.3 Å². The van der Waals surface area contributed by atoms with E-state index in [0.717, 1.165) is 6.07 Å². The molecular weight excluding hydrogens is 217 g/mol. The van der Waals surface area contributed by atoms with Crippen LogP contribution in [0.5, 0.6) is 0 Å². The Balaban J connectivity index is 3.16. The van der Waals surface area contributed by atoms with Gasteiger partial charge in [0.1, 0.15) is 0 Å². The highest BCUT2D eigenvalue weighted by molar-refractivity contribution is 6.30. The standard InChI is InChI=1S/C8H8ClF3N2/c9-5-3-6(8(10,11)12)7(1-2-13)14-4-5/h3-4H,1-2,13H2. The molecule has 0 radical (unpaired) electrons. The predicted octanol–water partition coefficient (Wildman–Crippen LogP) is 2.25. The van der Waals surface area contributed by atoms with E-state index >= 15 is 0 Å². The van der Waals surface area contributed by atoms with Gasteiger partial charge < -0.3 is 5.73 Å². The van der Waals surface area contributed by atoms with Crippen molar-refractivity contribution in [2.45, 2.75) is 12.6 Å². The molecule has 0 unspecified atom stereocenters. The average molecular weight is 225 g/mol. The van der Waals surface area contributed by atoms with Crippen LogP contribution in [-0.4, -0.2) is 11.5 Å². The van der Waals surface area contributed by atoms with Crippen LogP contribution in [0.25, 0.3) is 0 Å². The molecule has 0 aliphatic rings. The zero-order valence-electron chi connectivity index (χ0n) is 7.11. The number of halogens is 4. The minimum absolute atomic E-state index is 0.0295. The Morgan fingerprint density at radius 2 is 2.07 bits per heavy atom. The molecule has 1 rings (SSSR count). The van der Waals surface area contributed by atoms with Gasteiger partial charge in [-0.05, 0) is 12.6 Å². The summed E-state index contributed by atoms with van der Waals surface area (Å²) in [6.45, 7) is 0.123. The van der Waals surface area contributed by atoms with E-state index in [0.29, 0.717) is 0 Å². The van der Waals surface area contributed by atoms with E-state index in [-0.39, 0.29) is 23.7 Å². The third-order valence-corrected chi connectivity index (χ3v) is 1.83. The lowest BCUT2D eigenvalue weighted by atomic mass is 10.1. The molecule has 0 aromatic carbocycles. The number of nitrogens with two attached hydrogens (primary N) is 1. The topological polar surface area (TPSA) is 38.9 Å². The van der Waals surface area contributed by atoms with E-state index in [2.05, 4.69) is 4.98 Å². The first-order valence-electron chi connectivity index (χ1n) is 3.87. The van der Waals surface area contributed by atoms with Crippen molar-refractivity contribution < 1.29 is 13.2 Å². The Kier molecular flexibility index (Phi) is 3.34. The maximum absolute atomic E-state index is 12.4. The number of alkyl halides is 3. The molecule has 2 nitrogen and oxygen atoms in total.